The Morgan fingerprint density at radius 2 is 1.16 bits per heavy atom. The summed E-state index contributed by atoms with van der Waals surface area (Å²) in [5, 5.41) is 76.5. The van der Waals surface area contributed by atoms with Crippen molar-refractivity contribution < 1.29 is 88.1 Å². The molecule has 20 heteroatoms. The molecule has 0 aromatic heterocycles. The summed E-state index contributed by atoms with van der Waals surface area (Å²) in [6.45, 7) is -1.35. The zero-order valence-electron chi connectivity index (χ0n) is 15.9. The molecule has 10 atom stereocenters. The summed E-state index contributed by atoms with van der Waals surface area (Å²) >= 11 is 0. The highest BCUT2D eigenvalue weighted by atomic mass is 31.3. The van der Waals surface area contributed by atoms with Crippen LogP contribution in [0.15, 0.2) is 0 Å². The van der Waals surface area contributed by atoms with E-state index in [1.54, 1.807) is 0 Å². The maximum absolute atomic E-state index is 9.94. The SMILES string of the molecule is O=P(O)(O)OP(=O)(O)O.OC[C@H]1O[C@@H](O[C@H]2[C@H](O)[C@@H](O)C(O)O[C@@H]2CO)[C@H](O)[C@@H](O)[C@H]1O. The number of aliphatic hydroxyl groups is 8. The van der Waals surface area contributed by atoms with Crippen molar-refractivity contribution in [3.63, 3.8) is 0 Å². The Morgan fingerprint density at radius 3 is 1.56 bits per heavy atom. The molecule has 0 aromatic carbocycles. The summed E-state index contributed by atoms with van der Waals surface area (Å²) in [7, 11) is -10.1. The molecule has 0 bridgehead atoms. The third-order valence-electron chi connectivity index (χ3n) is 4.19. The minimum absolute atomic E-state index is 0.667. The van der Waals surface area contributed by atoms with E-state index in [1.165, 1.54) is 0 Å². The Labute approximate surface area is 179 Å². The Balaban J connectivity index is 0.000000482. The summed E-state index contributed by atoms with van der Waals surface area (Å²) in [6, 6.07) is 0. The zero-order chi connectivity index (χ0) is 25.0. The molecular weight excluding hydrogens is 494 g/mol. The van der Waals surface area contributed by atoms with E-state index in [2.05, 4.69) is 4.31 Å². The molecule has 2 rings (SSSR count). The van der Waals surface area contributed by atoms with E-state index in [4.69, 9.17) is 38.9 Å². The fraction of sp³-hybridized carbons (Fsp3) is 1.00. The Bertz CT molecular complexity index is 642. The highest BCUT2D eigenvalue weighted by Gasteiger charge is 2.50. The topological polar surface area (TPSA) is 314 Å². The van der Waals surface area contributed by atoms with Crippen molar-refractivity contribution in [1.82, 2.24) is 0 Å². The lowest BCUT2D eigenvalue weighted by molar-refractivity contribution is -0.355. The fourth-order valence-corrected chi connectivity index (χ4v) is 3.82. The Morgan fingerprint density at radius 1 is 0.656 bits per heavy atom. The normalized spacial score (nSPS) is 41.0. The third kappa shape index (κ3) is 8.55. The predicted molar refractivity (Wildman–Crippen MR) is 93.8 cm³/mol. The van der Waals surface area contributed by atoms with Gasteiger partial charge in [-0.3, -0.25) is 0 Å². The number of rotatable bonds is 6. The van der Waals surface area contributed by atoms with Gasteiger partial charge in [0, 0.05) is 0 Å². The summed E-state index contributed by atoms with van der Waals surface area (Å²) in [5.41, 5.74) is 0. The summed E-state index contributed by atoms with van der Waals surface area (Å²) in [5.74, 6) is 0. The highest BCUT2D eigenvalue weighted by molar-refractivity contribution is 7.60. The van der Waals surface area contributed by atoms with E-state index in [0.717, 1.165) is 0 Å². The minimum Gasteiger partial charge on any atom is -0.394 e. The van der Waals surface area contributed by atoms with Gasteiger partial charge >= 0.3 is 15.6 Å². The molecule has 0 spiro atoms. The maximum atomic E-state index is 9.94. The lowest BCUT2D eigenvalue weighted by Gasteiger charge is -2.45. The molecule has 2 heterocycles. The number of phosphoric acid groups is 2. The van der Waals surface area contributed by atoms with Crippen LogP contribution in [0.5, 0.6) is 0 Å². The van der Waals surface area contributed by atoms with Gasteiger partial charge in [0.1, 0.15) is 48.8 Å². The van der Waals surface area contributed by atoms with Crippen molar-refractivity contribution in [2.45, 2.75) is 61.4 Å². The first-order valence-electron chi connectivity index (χ1n) is 8.61. The number of ether oxygens (including phenoxy) is 3. The summed E-state index contributed by atoms with van der Waals surface area (Å²) in [4.78, 5) is 31.0. The summed E-state index contributed by atoms with van der Waals surface area (Å²) in [6.07, 6.45) is -15.6. The lowest BCUT2D eigenvalue weighted by Crippen LogP contribution is -2.64. The van der Waals surface area contributed by atoms with E-state index in [1.807, 2.05) is 0 Å². The molecule has 12 N–H and O–H groups in total. The molecule has 2 aliphatic heterocycles. The van der Waals surface area contributed by atoms with Gasteiger partial charge in [-0.2, -0.15) is 4.31 Å². The first-order chi connectivity index (χ1) is 14.5. The molecule has 0 aliphatic carbocycles. The van der Waals surface area contributed by atoms with Crippen LogP contribution in [0.4, 0.5) is 0 Å². The van der Waals surface area contributed by atoms with Gasteiger partial charge in [0.05, 0.1) is 13.2 Å². The van der Waals surface area contributed by atoms with E-state index in [0.29, 0.717) is 0 Å². The molecule has 2 aliphatic rings. The van der Waals surface area contributed by atoms with Gasteiger partial charge in [-0.05, 0) is 0 Å². The van der Waals surface area contributed by atoms with Crippen LogP contribution < -0.4 is 0 Å². The van der Waals surface area contributed by atoms with E-state index >= 15 is 0 Å². The standard InChI is InChI=1S/C12H22O11.H4O7P2/c13-1-3-5(15)6(16)9(19)12(22-3)23-10-4(2-14)21-11(20)8(18)7(10)17;1-8(2,3)7-9(4,5)6/h3-20H,1-2H2;(H2,1,2,3)(H2,4,5,6)/t3-,4-,5+,6+,7-,8-,9-,10-,11?,12+;/m1./s1. The van der Waals surface area contributed by atoms with Crippen molar-refractivity contribution >= 4 is 15.6 Å². The van der Waals surface area contributed by atoms with Gasteiger partial charge < -0.3 is 74.6 Å². The maximum Gasteiger partial charge on any atom is 0.478 e. The van der Waals surface area contributed by atoms with Gasteiger partial charge in [-0.1, -0.05) is 0 Å². The second-order valence-corrected chi connectivity index (χ2v) is 9.21. The zero-order valence-corrected chi connectivity index (χ0v) is 17.7. The molecule has 0 amide bonds. The molecule has 1 unspecified atom stereocenters. The third-order valence-corrected chi connectivity index (χ3v) is 5.89. The molecular formula is C12H26O18P2. The molecule has 192 valence electrons. The fourth-order valence-electron chi connectivity index (χ4n) is 2.71. The average Bonchev–Trinajstić information content (AvgIpc) is 2.65. The second kappa shape index (κ2) is 12.0. The van der Waals surface area contributed by atoms with Gasteiger partial charge in [0.25, 0.3) is 0 Å². The van der Waals surface area contributed by atoms with Crippen LogP contribution in [0.1, 0.15) is 0 Å². The number of hydrogen-bond acceptors (Lipinski definition) is 14. The van der Waals surface area contributed by atoms with E-state index in [-0.39, 0.29) is 0 Å². The van der Waals surface area contributed by atoms with Gasteiger partial charge in [0.2, 0.25) is 0 Å². The second-order valence-electron chi connectivity index (χ2n) is 6.59. The number of aliphatic hydroxyl groups excluding tert-OH is 8. The molecule has 0 aromatic rings. The minimum atomic E-state index is -5.05. The van der Waals surface area contributed by atoms with E-state index < -0.39 is 90.3 Å². The average molecular weight is 520 g/mol. The smallest absolute Gasteiger partial charge is 0.394 e. The lowest BCUT2D eigenvalue weighted by atomic mass is 9.97. The van der Waals surface area contributed by atoms with Crippen molar-refractivity contribution in [1.29, 1.82) is 0 Å². The van der Waals surface area contributed by atoms with Crippen LogP contribution in [0.25, 0.3) is 0 Å². The predicted octanol–water partition coefficient (Wildman–Crippen LogP) is -6.21. The Hall–Kier alpha value is -0.180. The van der Waals surface area contributed by atoms with Gasteiger partial charge in [-0.25, -0.2) is 9.13 Å². The van der Waals surface area contributed by atoms with Gasteiger partial charge in [-0.15, -0.1) is 0 Å². The van der Waals surface area contributed by atoms with Crippen molar-refractivity contribution in [2.24, 2.45) is 0 Å². The molecule has 18 nitrogen and oxygen atoms in total. The van der Waals surface area contributed by atoms with Crippen LogP contribution in [-0.4, -0.2) is 135 Å². The van der Waals surface area contributed by atoms with Crippen LogP contribution in [0.3, 0.4) is 0 Å². The molecule has 32 heavy (non-hydrogen) atoms. The van der Waals surface area contributed by atoms with Crippen molar-refractivity contribution in [3.8, 4) is 0 Å². The van der Waals surface area contributed by atoms with Crippen LogP contribution in [0.2, 0.25) is 0 Å². The number of hydrogen-bond donors (Lipinski definition) is 12. The van der Waals surface area contributed by atoms with Crippen LogP contribution in [-0.2, 0) is 27.7 Å². The quantitative estimate of drug-likeness (QED) is 0.145. The first-order valence-corrected chi connectivity index (χ1v) is 11.7. The first kappa shape index (κ1) is 29.9. The monoisotopic (exact) mass is 520 g/mol. The molecule has 2 fully saturated rings. The van der Waals surface area contributed by atoms with Crippen molar-refractivity contribution in [2.75, 3.05) is 13.2 Å². The largest absolute Gasteiger partial charge is 0.478 e. The summed E-state index contributed by atoms with van der Waals surface area (Å²) < 4.78 is 37.5. The Kier molecular flexibility index (Phi) is 11.2. The highest BCUT2D eigenvalue weighted by Crippen LogP contribution is 2.53. The van der Waals surface area contributed by atoms with E-state index in [9.17, 15) is 44.9 Å². The van der Waals surface area contributed by atoms with Crippen LogP contribution in [0, 0.1) is 0 Å². The molecule has 0 saturated carbocycles. The van der Waals surface area contributed by atoms with Crippen LogP contribution >= 0.6 is 15.6 Å². The molecule has 0 radical (unpaired) electrons. The van der Waals surface area contributed by atoms with Gasteiger partial charge in [0.15, 0.2) is 12.6 Å². The van der Waals surface area contributed by atoms with Crippen molar-refractivity contribution in [3.05, 3.63) is 0 Å². The molecule has 2 saturated heterocycles.